The van der Waals surface area contributed by atoms with E-state index in [9.17, 15) is 14.0 Å². The van der Waals surface area contributed by atoms with Crippen molar-refractivity contribution in [3.8, 4) is 17.4 Å². The van der Waals surface area contributed by atoms with Crippen LogP contribution in [0.2, 0.25) is 5.02 Å². The number of aromatic nitrogens is 6. The Labute approximate surface area is 201 Å². The lowest BCUT2D eigenvalue weighted by molar-refractivity contribution is -0.118. The van der Waals surface area contributed by atoms with Crippen molar-refractivity contribution in [2.75, 3.05) is 11.9 Å². The molecule has 5 aromatic rings. The van der Waals surface area contributed by atoms with Crippen LogP contribution >= 0.6 is 11.6 Å². The van der Waals surface area contributed by atoms with Crippen molar-refractivity contribution in [3.05, 3.63) is 87.7 Å². The smallest absolute Gasteiger partial charge is 0.263 e. The van der Waals surface area contributed by atoms with Gasteiger partial charge >= 0.3 is 0 Å². The largest absolute Gasteiger partial charge is 0.484 e. The van der Waals surface area contributed by atoms with Gasteiger partial charge in [0.25, 0.3) is 11.5 Å². The van der Waals surface area contributed by atoms with Crippen LogP contribution in [0.15, 0.2) is 65.6 Å². The summed E-state index contributed by atoms with van der Waals surface area (Å²) in [7, 11) is 0. The Balaban J connectivity index is 1.44. The van der Waals surface area contributed by atoms with Crippen molar-refractivity contribution in [1.29, 1.82) is 0 Å². The molecule has 176 valence electrons. The molecule has 2 aromatic carbocycles. The maximum atomic E-state index is 13.3. The summed E-state index contributed by atoms with van der Waals surface area (Å²) in [5.74, 6) is -0.0132. The first-order valence-electron chi connectivity index (χ1n) is 10.4. The van der Waals surface area contributed by atoms with Crippen LogP contribution in [0.4, 0.5) is 10.2 Å². The van der Waals surface area contributed by atoms with E-state index in [1.807, 2.05) is 0 Å². The van der Waals surface area contributed by atoms with Crippen molar-refractivity contribution < 1.29 is 13.9 Å². The van der Waals surface area contributed by atoms with Crippen LogP contribution in [-0.4, -0.2) is 42.0 Å². The molecule has 0 saturated carbocycles. The van der Waals surface area contributed by atoms with Gasteiger partial charge in [0.15, 0.2) is 12.3 Å². The molecule has 0 spiro atoms. The number of carbonyl (C=O) groups is 1. The highest BCUT2D eigenvalue weighted by atomic mass is 35.5. The second kappa shape index (κ2) is 9.03. The quantitative estimate of drug-likeness (QED) is 0.374. The normalized spacial score (nSPS) is 11.1. The van der Waals surface area contributed by atoms with Gasteiger partial charge in [-0.3, -0.25) is 14.6 Å². The zero-order valence-electron chi connectivity index (χ0n) is 18.2. The monoisotopic (exact) mass is 493 g/mol. The van der Waals surface area contributed by atoms with Gasteiger partial charge in [-0.25, -0.2) is 9.07 Å². The number of carbonyl (C=O) groups excluding carboxylic acids is 1. The lowest BCUT2D eigenvalue weighted by atomic mass is 10.3. The molecule has 2 N–H and O–H groups in total. The van der Waals surface area contributed by atoms with E-state index in [2.05, 4.69) is 25.5 Å². The van der Waals surface area contributed by atoms with E-state index in [1.54, 1.807) is 37.3 Å². The van der Waals surface area contributed by atoms with E-state index in [0.717, 1.165) is 0 Å². The number of nitrogens with one attached hydrogen (secondary N) is 2. The van der Waals surface area contributed by atoms with Crippen LogP contribution in [0.5, 0.6) is 5.75 Å². The van der Waals surface area contributed by atoms with E-state index in [-0.39, 0.29) is 29.4 Å². The SMILES string of the molecule is Cc1cc(NC(=O)COc2ccc(Cl)cc2)n(-c2nc3c(cnn3-c3ccc(F)cc3)c(=O)[nH]2)n1. The molecule has 12 heteroatoms. The summed E-state index contributed by atoms with van der Waals surface area (Å²) in [4.78, 5) is 32.4. The molecule has 3 heterocycles. The Morgan fingerprint density at radius 3 is 2.63 bits per heavy atom. The number of H-pyrrole nitrogens is 1. The van der Waals surface area contributed by atoms with Crippen molar-refractivity contribution >= 4 is 34.4 Å². The highest BCUT2D eigenvalue weighted by Crippen LogP contribution is 2.19. The summed E-state index contributed by atoms with van der Waals surface area (Å²) in [6, 6.07) is 13.9. The number of rotatable bonds is 6. The maximum absolute atomic E-state index is 13.3. The number of fused-ring (bicyclic) bond motifs is 1. The molecule has 0 fully saturated rings. The van der Waals surface area contributed by atoms with Gasteiger partial charge in [0.1, 0.15) is 22.8 Å². The average Bonchev–Trinajstić information content (AvgIpc) is 3.43. The summed E-state index contributed by atoms with van der Waals surface area (Å²) in [6.45, 7) is 1.47. The zero-order valence-corrected chi connectivity index (χ0v) is 19.0. The summed E-state index contributed by atoms with van der Waals surface area (Å²) in [5, 5.41) is 12.1. The Bertz CT molecular complexity index is 1590. The minimum atomic E-state index is -0.449. The number of hydrogen-bond acceptors (Lipinski definition) is 6. The van der Waals surface area contributed by atoms with Gasteiger partial charge in [-0.2, -0.15) is 19.9 Å². The third kappa shape index (κ3) is 4.62. The molecule has 0 saturated heterocycles. The highest BCUT2D eigenvalue weighted by Gasteiger charge is 2.17. The number of amides is 1. The van der Waals surface area contributed by atoms with Crippen molar-refractivity contribution in [1.82, 2.24) is 29.5 Å². The summed E-state index contributed by atoms with van der Waals surface area (Å²) in [5.41, 5.74) is 0.894. The Kier molecular flexibility index (Phi) is 5.75. The number of halogens is 2. The van der Waals surface area contributed by atoms with Gasteiger partial charge in [0.05, 0.1) is 17.6 Å². The molecular weight excluding hydrogens is 477 g/mol. The number of anilines is 1. The predicted molar refractivity (Wildman–Crippen MR) is 127 cm³/mol. The first-order chi connectivity index (χ1) is 16.9. The van der Waals surface area contributed by atoms with Crippen molar-refractivity contribution in [2.45, 2.75) is 6.92 Å². The molecular formula is C23H17ClFN7O3. The van der Waals surface area contributed by atoms with Crippen LogP contribution in [0.25, 0.3) is 22.7 Å². The van der Waals surface area contributed by atoms with Crippen molar-refractivity contribution in [2.24, 2.45) is 0 Å². The van der Waals surface area contributed by atoms with E-state index in [0.29, 0.717) is 22.2 Å². The molecule has 35 heavy (non-hydrogen) atoms. The lowest BCUT2D eigenvalue weighted by Gasteiger charge is -2.10. The second-order valence-electron chi connectivity index (χ2n) is 7.53. The molecule has 3 aromatic heterocycles. The van der Waals surface area contributed by atoms with E-state index in [1.165, 1.54) is 39.8 Å². The number of nitrogens with zero attached hydrogens (tertiary/aromatic N) is 5. The molecule has 1 amide bonds. The van der Waals surface area contributed by atoms with Crippen LogP contribution in [0.3, 0.4) is 0 Å². The molecule has 0 aliphatic rings. The molecule has 0 bridgehead atoms. The molecule has 0 aliphatic carbocycles. The van der Waals surface area contributed by atoms with E-state index in [4.69, 9.17) is 16.3 Å². The molecule has 0 radical (unpaired) electrons. The van der Waals surface area contributed by atoms with Crippen LogP contribution < -0.4 is 15.6 Å². The standard InChI is InChI=1S/C23H17ClFN7O3/c1-13-10-19(27-20(33)12-35-17-8-2-14(24)3-9-17)32(30-13)23-28-21-18(22(34)29-23)11-26-31(21)16-6-4-15(25)5-7-16/h2-11H,12H2,1H3,(H,27,33)(H,28,29,34). The van der Waals surface area contributed by atoms with Gasteiger partial charge in [0, 0.05) is 11.1 Å². The predicted octanol–water partition coefficient (Wildman–Crippen LogP) is 3.41. The fourth-order valence-electron chi connectivity index (χ4n) is 3.39. The van der Waals surface area contributed by atoms with Gasteiger partial charge < -0.3 is 10.1 Å². The number of hydrogen-bond donors (Lipinski definition) is 2. The fraction of sp³-hybridized carbons (Fsp3) is 0.0870. The Hall–Kier alpha value is -4.51. The van der Waals surface area contributed by atoms with E-state index >= 15 is 0 Å². The Morgan fingerprint density at radius 2 is 1.89 bits per heavy atom. The second-order valence-corrected chi connectivity index (χ2v) is 7.97. The first-order valence-corrected chi connectivity index (χ1v) is 10.7. The molecule has 10 nitrogen and oxygen atoms in total. The van der Waals surface area contributed by atoms with Crippen LogP contribution in [0.1, 0.15) is 5.69 Å². The zero-order chi connectivity index (χ0) is 24.5. The van der Waals surface area contributed by atoms with E-state index < -0.39 is 17.3 Å². The summed E-state index contributed by atoms with van der Waals surface area (Å²) in [6.07, 6.45) is 1.37. The Morgan fingerprint density at radius 1 is 1.14 bits per heavy atom. The number of aromatic amines is 1. The molecule has 5 rings (SSSR count). The third-order valence-corrected chi connectivity index (χ3v) is 5.23. The lowest BCUT2D eigenvalue weighted by Crippen LogP contribution is -2.23. The van der Waals surface area contributed by atoms with Crippen molar-refractivity contribution in [3.63, 3.8) is 0 Å². The van der Waals surface area contributed by atoms with Crippen LogP contribution in [0, 0.1) is 12.7 Å². The molecule has 0 unspecified atom stereocenters. The number of benzene rings is 2. The maximum Gasteiger partial charge on any atom is 0.263 e. The number of aryl methyl sites for hydroxylation is 1. The van der Waals surface area contributed by atoms with Crippen LogP contribution in [-0.2, 0) is 4.79 Å². The fourth-order valence-corrected chi connectivity index (χ4v) is 3.51. The summed E-state index contributed by atoms with van der Waals surface area (Å²) < 4.78 is 21.5. The average molecular weight is 494 g/mol. The molecule has 0 aliphatic heterocycles. The highest BCUT2D eigenvalue weighted by molar-refractivity contribution is 6.30. The number of ether oxygens (including phenoxy) is 1. The third-order valence-electron chi connectivity index (χ3n) is 4.98. The summed E-state index contributed by atoms with van der Waals surface area (Å²) >= 11 is 5.85. The molecule has 0 atom stereocenters. The van der Waals surface area contributed by atoms with Gasteiger partial charge in [-0.05, 0) is 55.5 Å². The topological polar surface area (TPSA) is 120 Å². The minimum absolute atomic E-state index is 0.0633. The van der Waals surface area contributed by atoms with Gasteiger partial charge in [-0.1, -0.05) is 11.6 Å². The van der Waals surface area contributed by atoms with Gasteiger partial charge in [-0.15, -0.1) is 0 Å². The van der Waals surface area contributed by atoms with Gasteiger partial charge in [0.2, 0.25) is 5.95 Å². The minimum Gasteiger partial charge on any atom is -0.484 e. The first kappa shape index (κ1) is 22.3.